The molecule has 0 saturated carbocycles. The quantitative estimate of drug-likeness (QED) is 0.667. The highest BCUT2D eigenvalue weighted by Gasteiger charge is 2.33. The molecule has 2 rings (SSSR count). The van der Waals surface area contributed by atoms with Crippen LogP contribution in [0.4, 0.5) is 28.9 Å². The second-order valence-corrected chi connectivity index (χ2v) is 5.96. The summed E-state index contributed by atoms with van der Waals surface area (Å²) in [6, 6.07) is 9.83. The van der Waals surface area contributed by atoms with Gasteiger partial charge in [-0.25, -0.2) is 4.39 Å². The van der Waals surface area contributed by atoms with Gasteiger partial charge in [0, 0.05) is 5.69 Å². The van der Waals surface area contributed by atoms with E-state index in [0.717, 1.165) is 12.1 Å². The number of nitrogens with one attached hydrogen (secondary N) is 3. The van der Waals surface area contributed by atoms with Crippen LogP contribution >= 0.6 is 0 Å². The van der Waals surface area contributed by atoms with Crippen LogP contribution in [0.1, 0.15) is 5.56 Å². The zero-order valence-corrected chi connectivity index (χ0v) is 14.4. The lowest BCUT2D eigenvalue weighted by atomic mass is 10.1. The second kappa shape index (κ2) is 8.63. The van der Waals surface area contributed by atoms with Crippen LogP contribution in [0.3, 0.4) is 0 Å². The third kappa shape index (κ3) is 6.37. The van der Waals surface area contributed by atoms with E-state index in [2.05, 4.69) is 10.6 Å². The van der Waals surface area contributed by atoms with Crippen LogP contribution in [0, 0.1) is 5.82 Å². The lowest BCUT2D eigenvalue weighted by molar-refractivity contribution is -0.862. The minimum absolute atomic E-state index is 0.0916. The van der Waals surface area contributed by atoms with E-state index in [-0.39, 0.29) is 18.8 Å². The number of likely N-dealkylation sites (N-methyl/N-ethyl adjacent to an activating group) is 1. The normalized spacial score (nSPS) is 12.3. The maximum atomic E-state index is 12.9. The molecule has 1 unspecified atom stereocenters. The number of halogens is 4. The summed E-state index contributed by atoms with van der Waals surface area (Å²) in [7, 11) is 1.56. The summed E-state index contributed by atoms with van der Waals surface area (Å²) in [6.45, 7) is -0.297. The maximum absolute atomic E-state index is 12.9. The first-order chi connectivity index (χ1) is 12.6. The number of para-hydroxylation sites is 1. The Hall–Kier alpha value is -2.94. The zero-order chi connectivity index (χ0) is 20.0. The van der Waals surface area contributed by atoms with Crippen LogP contribution in [0.2, 0.25) is 0 Å². The summed E-state index contributed by atoms with van der Waals surface area (Å²) < 4.78 is 51.6. The fraction of sp³-hybridized carbons (Fsp3) is 0.222. The summed E-state index contributed by atoms with van der Waals surface area (Å²) in [5, 5.41) is 4.77. The van der Waals surface area contributed by atoms with E-state index in [4.69, 9.17) is 0 Å². The summed E-state index contributed by atoms with van der Waals surface area (Å²) in [5.41, 5.74) is -0.874. The van der Waals surface area contributed by atoms with Crippen molar-refractivity contribution >= 4 is 23.2 Å². The van der Waals surface area contributed by atoms with Crippen LogP contribution in [-0.4, -0.2) is 32.0 Å². The van der Waals surface area contributed by atoms with Crippen molar-refractivity contribution in [1.82, 2.24) is 0 Å². The van der Waals surface area contributed by atoms with E-state index in [1.807, 2.05) is 0 Å². The van der Waals surface area contributed by atoms with E-state index in [9.17, 15) is 27.2 Å². The number of benzene rings is 2. The molecule has 2 aromatic carbocycles. The van der Waals surface area contributed by atoms with E-state index in [1.54, 1.807) is 7.05 Å². The van der Waals surface area contributed by atoms with E-state index in [0.29, 0.717) is 10.6 Å². The van der Waals surface area contributed by atoms with Crippen molar-refractivity contribution in [3.8, 4) is 0 Å². The minimum Gasteiger partial charge on any atom is -0.322 e. The van der Waals surface area contributed by atoms with Gasteiger partial charge in [0.05, 0.1) is 18.3 Å². The highest BCUT2D eigenvalue weighted by atomic mass is 19.4. The monoisotopic (exact) mass is 384 g/mol. The molecular formula is C18H18F4N3O2+. The topological polar surface area (TPSA) is 62.6 Å². The van der Waals surface area contributed by atoms with Gasteiger partial charge in [0.25, 0.3) is 11.8 Å². The molecule has 27 heavy (non-hydrogen) atoms. The lowest BCUT2D eigenvalue weighted by Gasteiger charge is -2.16. The molecule has 0 saturated heterocycles. The van der Waals surface area contributed by atoms with Crippen molar-refractivity contribution in [2.24, 2.45) is 0 Å². The fourth-order valence-corrected chi connectivity index (χ4v) is 2.38. The summed E-state index contributed by atoms with van der Waals surface area (Å²) in [6.07, 6.45) is -4.59. The Balaban J connectivity index is 1.89. The number of quaternary nitrogens is 1. The van der Waals surface area contributed by atoms with Crippen LogP contribution < -0.4 is 15.5 Å². The van der Waals surface area contributed by atoms with Gasteiger partial charge in [-0.15, -0.1) is 0 Å². The van der Waals surface area contributed by atoms with Crippen LogP contribution in [-0.2, 0) is 15.8 Å². The number of carbonyl (C=O) groups excluding carboxylic acids is 2. The number of hydrogen-bond donors (Lipinski definition) is 3. The number of amides is 2. The predicted octanol–water partition coefficient (Wildman–Crippen LogP) is 1.94. The first-order valence-electron chi connectivity index (χ1n) is 7.98. The average molecular weight is 384 g/mol. The Morgan fingerprint density at radius 3 is 2.07 bits per heavy atom. The molecule has 5 nitrogen and oxygen atoms in total. The molecule has 144 valence electrons. The smallest absolute Gasteiger partial charge is 0.322 e. The molecule has 0 aliphatic carbocycles. The van der Waals surface area contributed by atoms with Crippen LogP contribution in [0.5, 0.6) is 0 Å². The summed E-state index contributed by atoms with van der Waals surface area (Å²) >= 11 is 0. The highest BCUT2D eigenvalue weighted by molar-refractivity contribution is 5.93. The number of anilines is 2. The molecule has 3 N–H and O–H groups in total. The maximum Gasteiger partial charge on any atom is 0.418 e. The SMILES string of the molecule is C[NH+](CC(=O)Nc1ccc(F)cc1)CC(=O)Nc1ccccc1C(F)(F)F. The summed E-state index contributed by atoms with van der Waals surface area (Å²) in [5.74, 6) is -1.51. The van der Waals surface area contributed by atoms with Crippen molar-refractivity contribution in [3.05, 3.63) is 59.9 Å². The standard InChI is InChI=1S/C18H17F4N3O2/c1-25(10-16(26)23-13-8-6-12(19)7-9-13)11-17(27)24-15-5-3-2-4-14(15)18(20,21)22/h2-9H,10-11H2,1H3,(H,23,26)(H,24,27)/p+1. The molecule has 0 aromatic heterocycles. The molecule has 0 radical (unpaired) electrons. The van der Waals surface area contributed by atoms with Gasteiger partial charge >= 0.3 is 6.18 Å². The minimum atomic E-state index is -4.59. The van der Waals surface area contributed by atoms with E-state index >= 15 is 0 Å². The lowest BCUT2D eigenvalue weighted by Crippen LogP contribution is -3.11. The molecule has 0 spiro atoms. The molecule has 0 fully saturated rings. The molecule has 0 aliphatic rings. The van der Waals surface area contributed by atoms with Crippen molar-refractivity contribution in [2.45, 2.75) is 6.18 Å². The second-order valence-electron chi connectivity index (χ2n) is 5.96. The molecule has 9 heteroatoms. The van der Waals surface area contributed by atoms with E-state index < -0.39 is 29.4 Å². The molecule has 0 aliphatic heterocycles. The fourth-order valence-electron chi connectivity index (χ4n) is 2.38. The Kier molecular flexibility index (Phi) is 6.51. The molecule has 0 heterocycles. The van der Waals surface area contributed by atoms with Crippen molar-refractivity contribution in [3.63, 3.8) is 0 Å². The van der Waals surface area contributed by atoms with Crippen molar-refractivity contribution in [2.75, 3.05) is 30.8 Å². The highest BCUT2D eigenvalue weighted by Crippen LogP contribution is 2.34. The van der Waals surface area contributed by atoms with Gasteiger partial charge < -0.3 is 15.5 Å². The Labute approximate surface area is 153 Å². The van der Waals surface area contributed by atoms with E-state index in [1.165, 1.54) is 36.4 Å². The largest absolute Gasteiger partial charge is 0.418 e. The molecule has 2 aromatic rings. The number of hydrogen-bond acceptors (Lipinski definition) is 2. The van der Waals surface area contributed by atoms with Gasteiger partial charge in [-0.3, -0.25) is 9.59 Å². The molecule has 0 bridgehead atoms. The van der Waals surface area contributed by atoms with Crippen molar-refractivity contribution in [1.29, 1.82) is 0 Å². The first kappa shape index (κ1) is 20.4. The molecular weight excluding hydrogens is 366 g/mol. The van der Waals surface area contributed by atoms with Gasteiger partial charge in [0.15, 0.2) is 13.1 Å². The first-order valence-corrected chi connectivity index (χ1v) is 7.98. The Bertz CT molecular complexity index is 807. The summed E-state index contributed by atoms with van der Waals surface area (Å²) in [4.78, 5) is 24.4. The van der Waals surface area contributed by atoms with Gasteiger partial charge in [0.2, 0.25) is 0 Å². The van der Waals surface area contributed by atoms with Crippen LogP contribution in [0.15, 0.2) is 48.5 Å². The van der Waals surface area contributed by atoms with Gasteiger partial charge in [-0.1, -0.05) is 12.1 Å². The number of carbonyl (C=O) groups is 2. The Morgan fingerprint density at radius 1 is 0.926 bits per heavy atom. The third-order valence-electron chi connectivity index (χ3n) is 3.56. The predicted molar refractivity (Wildman–Crippen MR) is 91.7 cm³/mol. The Morgan fingerprint density at radius 2 is 1.48 bits per heavy atom. The van der Waals surface area contributed by atoms with Gasteiger partial charge in [-0.2, -0.15) is 13.2 Å². The van der Waals surface area contributed by atoms with Crippen LogP contribution in [0.25, 0.3) is 0 Å². The molecule has 1 atom stereocenters. The number of rotatable bonds is 6. The average Bonchev–Trinajstić information content (AvgIpc) is 2.56. The molecule has 2 amide bonds. The zero-order valence-electron chi connectivity index (χ0n) is 14.4. The number of alkyl halides is 3. The third-order valence-corrected chi connectivity index (χ3v) is 3.56. The van der Waals surface area contributed by atoms with Crippen molar-refractivity contribution < 1.29 is 32.1 Å². The van der Waals surface area contributed by atoms with Gasteiger partial charge in [-0.05, 0) is 36.4 Å². The van der Waals surface area contributed by atoms with Gasteiger partial charge in [0.1, 0.15) is 5.82 Å².